The quantitative estimate of drug-likeness (QED) is 0.405. The summed E-state index contributed by atoms with van der Waals surface area (Å²) in [5.41, 5.74) is 6.10. The van der Waals surface area contributed by atoms with Gasteiger partial charge in [-0.25, -0.2) is 14.6 Å². The van der Waals surface area contributed by atoms with Crippen LogP contribution in [0.4, 0.5) is 0 Å². The summed E-state index contributed by atoms with van der Waals surface area (Å²) in [5, 5.41) is 28.6. The molecule has 35 heavy (non-hydrogen) atoms. The Morgan fingerprint density at radius 1 is 1.14 bits per heavy atom. The Balaban J connectivity index is 1.36. The molecule has 6 rings (SSSR count). The standard InChI is InChI=1S/C25H20N8O2/c1-15-16(9-26)4-2-6-18(15)20-8-19(23-24(30-20)28-14-27-23)21-11-33(32-31-21)10-17-5-3-7-22(29-17)25(34)12-35-13-25/h2-8,11,14,34H,10,12-13H2,1H3,(H,27,28,30). The van der Waals surface area contributed by atoms with Crippen LogP contribution in [-0.4, -0.2) is 53.3 Å². The number of nitrogens with zero attached hydrogens (tertiary/aromatic N) is 7. The number of rotatable bonds is 5. The topological polar surface area (TPSA) is 138 Å². The van der Waals surface area contributed by atoms with Crippen molar-refractivity contribution in [2.75, 3.05) is 13.2 Å². The van der Waals surface area contributed by atoms with E-state index >= 15 is 0 Å². The normalized spacial score (nSPS) is 14.5. The molecule has 0 radical (unpaired) electrons. The van der Waals surface area contributed by atoms with E-state index in [0.29, 0.717) is 40.4 Å². The van der Waals surface area contributed by atoms with Gasteiger partial charge in [-0.3, -0.25) is 4.98 Å². The largest absolute Gasteiger partial charge is 0.379 e. The van der Waals surface area contributed by atoms with Crippen LogP contribution in [0.3, 0.4) is 0 Å². The van der Waals surface area contributed by atoms with Crippen LogP contribution in [0.1, 0.15) is 22.5 Å². The van der Waals surface area contributed by atoms with Gasteiger partial charge >= 0.3 is 0 Å². The Kier molecular flexibility index (Phi) is 4.88. The van der Waals surface area contributed by atoms with Gasteiger partial charge in [-0.15, -0.1) is 5.10 Å². The minimum atomic E-state index is -1.02. The molecule has 0 atom stereocenters. The molecule has 0 amide bonds. The summed E-state index contributed by atoms with van der Waals surface area (Å²) in [7, 11) is 0. The van der Waals surface area contributed by atoms with Gasteiger partial charge in [0.15, 0.2) is 11.2 Å². The maximum absolute atomic E-state index is 10.5. The van der Waals surface area contributed by atoms with Crippen molar-refractivity contribution in [2.45, 2.75) is 19.1 Å². The highest BCUT2D eigenvalue weighted by Gasteiger charge is 2.39. The van der Waals surface area contributed by atoms with Crippen LogP contribution in [0.25, 0.3) is 33.7 Å². The fourth-order valence-electron chi connectivity index (χ4n) is 4.23. The van der Waals surface area contributed by atoms with Gasteiger partial charge in [0.2, 0.25) is 0 Å². The smallest absolute Gasteiger partial charge is 0.158 e. The fourth-order valence-corrected chi connectivity index (χ4v) is 4.23. The molecule has 2 N–H and O–H groups in total. The average molecular weight is 464 g/mol. The summed E-state index contributed by atoms with van der Waals surface area (Å²) < 4.78 is 6.84. The van der Waals surface area contributed by atoms with E-state index in [-0.39, 0.29) is 13.2 Å². The van der Waals surface area contributed by atoms with E-state index in [0.717, 1.165) is 22.4 Å². The molecule has 0 aliphatic carbocycles. The van der Waals surface area contributed by atoms with Crippen molar-refractivity contribution < 1.29 is 9.84 Å². The first-order valence-electron chi connectivity index (χ1n) is 11.1. The zero-order chi connectivity index (χ0) is 24.0. The maximum atomic E-state index is 10.5. The molecule has 0 spiro atoms. The first kappa shape index (κ1) is 21.1. The number of ether oxygens (including phenoxy) is 1. The second kappa shape index (κ2) is 8.09. The third-order valence-corrected chi connectivity index (χ3v) is 6.22. The van der Waals surface area contributed by atoms with Crippen LogP contribution in [0, 0.1) is 18.3 Å². The van der Waals surface area contributed by atoms with Crippen molar-refractivity contribution in [1.29, 1.82) is 5.26 Å². The van der Waals surface area contributed by atoms with Gasteiger partial charge in [-0.2, -0.15) is 5.26 Å². The summed E-state index contributed by atoms with van der Waals surface area (Å²) in [5.74, 6) is 0. The number of pyridine rings is 2. The number of nitriles is 1. The molecule has 0 bridgehead atoms. The Morgan fingerprint density at radius 2 is 2.00 bits per heavy atom. The third kappa shape index (κ3) is 3.63. The molecular weight excluding hydrogens is 444 g/mol. The number of hydrogen-bond donors (Lipinski definition) is 2. The predicted octanol–water partition coefficient (Wildman–Crippen LogP) is 2.72. The number of hydrogen-bond acceptors (Lipinski definition) is 8. The SMILES string of the molecule is Cc1c(C#N)cccc1-c1cc(-c2cn(Cc3cccc(C4(O)COC4)n3)nn2)c2nc[nH]c2n1. The molecule has 10 heteroatoms. The minimum Gasteiger partial charge on any atom is -0.379 e. The number of H-pyrrole nitrogens is 1. The molecule has 172 valence electrons. The van der Waals surface area contributed by atoms with Gasteiger partial charge in [-0.1, -0.05) is 23.4 Å². The summed E-state index contributed by atoms with van der Waals surface area (Å²) in [6, 6.07) is 15.3. The molecule has 1 fully saturated rings. The van der Waals surface area contributed by atoms with Crippen LogP contribution in [-0.2, 0) is 16.9 Å². The van der Waals surface area contributed by atoms with Gasteiger partial charge in [0.25, 0.3) is 0 Å². The fraction of sp³-hybridized carbons (Fsp3) is 0.200. The van der Waals surface area contributed by atoms with E-state index in [1.54, 1.807) is 23.1 Å². The van der Waals surface area contributed by atoms with Crippen LogP contribution in [0.5, 0.6) is 0 Å². The second-order valence-corrected chi connectivity index (χ2v) is 8.58. The van der Waals surface area contributed by atoms with Gasteiger partial charge in [-0.05, 0) is 36.8 Å². The molecular formula is C25H20N8O2. The Bertz CT molecular complexity index is 1610. The molecule has 1 saturated heterocycles. The monoisotopic (exact) mass is 464 g/mol. The molecule has 5 aromatic rings. The van der Waals surface area contributed by atoms with E-state index in [9.17, 15) is 10.4 Å². The zero-order valence-electron chi connectivity index (χ0n) is 18.8. The van der Waals surface area contributed by atoms with Gasteiger partial charge in [0, 0.05) is 11.1 Å². The zero-order valence-corrected chi connectivity index (χ0v) is 18.8. The van der Waals surface area contributed by atoms with E-state index in [1.165, 1.54) is 0 Å². The molecule has 10 nitrogen and oxygen atoms in total. The Labute approximate surface area is 199 Å². The van der Waals surface area contributed by atoms with Crippen molar-refractivity contribution >= 4 is 11.2 Å². The lowest BCUT2D eigenvalue weighted by molar-refractivity contribution is -0.186. The lowest BCUT2D eigenvalue weighted by Crippen LogP contribution is -2.47. The highest BCUT2D eigenvalue weighted by atomic mass is 16.5. The molecule has 1 aliphatic rings. The predicted molar refractivity (Wildman–Crippen MR) is 126 cm³/mol. The molecule has 1 aromatic carbocycles. The van der Waals surface area contributed by atoms with Crippen LogP contribution >= 0.6 is 0 Å². The van der Waals surface area contributed by atoms with Gasteiger partial charge < -0.3 is 14.8 Å². The van der Waals surface area contributed by atoms with Crippen LogP contribution < -0.4 is 0 Å². The summed E-state index contributed by atoms with van der Waals surface area (Å²) in [6.45, 7) is 2.80. The number of aliphatic hydroxyl groups is 1. The highest BCUT2D eigenvalue weighted by molar-refractivity contribution is 5.91. The van der Waals surface area contributed by atoms with Crippen molar-refractivity contribution in [3.63, 3.8) is 0 Å². The number of imidazole rings is 1. The second-order valence-electron chi connectivity index (χ2n) is 8.58. The van der Waals surface area contributed by atoms with Crippen molar-refractivity contribution in [1.82, 2.24) is 34.9 Å². The van der Waals surface area contributed by atoms with E-state index in [4.69, 9.17) is 9.72 Å². The van der Waals surface area contributed by atoms with E-state index in [2.05, 4.69) is 31.3 Å². The average Bonchev–Trinajstić information content (AvgIpc) is 3.52. The van der Waals surface area contributed by atoms with Crippen molar-refractivity contribution in [2.24, 2.45) is 0 Å². The number of aromatic nitrogens is 7. The maximum Gasteiger partial charge on any atom is 0.158 e. The van der Waals surface area contributed by atoms with Crippen LogP contribution in [0.2, 0.25) is 0 Å². The Hall–Kier alpha value is -4.46. The van der Waals surface area contributed by atoms with Crippen molar-refractivity contribution in [3.8, 4) is 28.6 Å². The summed E-state index contributed by atoms with van der Waals surface area (Å²) >= 11 is 0. The summed E-state index contributed by atoms with van der Waals surface area (Å²) in [6.07, 6.45) is 3.43. The first-order chi connectivity index (χ1) is 17.0. The lowest BCUT2D eigenvalue weighted by atomic mass is 9.97. The number of nitrogens with one attached hydrogen (secondary N) is 1. The molecule has 1 aliphatic heterocycles. The molecule has 5 heterocycles. The van der Waals surface area contributed by atoms with E-state index in [1.807, 2.05) is 43.5 Å². The van der Waals surface area contributed by atoms with Crippen molar-refractivity contribution in [3.05, 3.63) is 77.5 Å². The molecule has 0 unspecified atom stereocenters. The number of benzene rings is 1. The summed E-state index contributed by atoms with van der Waals surface area (Å²) in [4.78, 5) is 16.8. The number of aromatic amines is 1. The minimum absolute atomic E-state index is 0.248. The first-order valence-corrected chi connectivity index (χ1v) is 11.1. The van der Waals surface area contributed by atoms with Crippen LogP contribution in [0.15, 0.2) is 55.0 Å². The molecule has 0 saturated carbocycles. The Morgan fingerprint density at radius 3 is 2.80 bits per heavy atom. The van der Waals surface area contributed by atoms with Gasteiger partial charge in [0.1, 0.15) is 11.2 Å². The van der Waals surface area contributed by atoms with E-state index < -0.39 is 5.60 Å². The number of fused-ring (bicyclic) bond motifs is 1. The third-order valence-electron chi connectivity index (χ3n) is 6.22. The van der Waals surface area contributed by atoms with Gasteiger partial charge in [0.05, 0.1) is 61.0 Å². The molecule has 4 aromatic heterocycles. The highest BCUT2D eigenvalue weighted by Crippen LogP contribution is 2.32. The lowest BCUT2D eigenvalue weighted by Gasteiger charge is -2.35.